The minimum atomic E-state index is -0.917. The van der Waals surface area contributed by atoms with Gasteiger partial charge in [0.1, 0.15) is 11.8 Å². The van der Waals surface area contributed by atoms with E-state index in [9.17, 15) is 19.2 Å². The molecule has 0 unspecified atom stereocenters. The minimum absolute atomic E-state index is 0.177. The number of aromatic nitrogens is 4. The molecule has 3 aromatic heterocycles. The molecule has 1 aliphatic carbocycles. The van der Waals surface area contributed by atoms with Gasteiger partial charge in [0.15, 0.2) is 5.82 Å². The second-order valence-electron chi connectivity index (χ2n) is 10.1. The van der Waals surface area contributed by atoms with E-state index >= 15 is 0 Å². The van der Waals surface area contributed by atoms with Gasteiger partial charge in [-0.15, -0.1) is 0 Å². The molecule has 3 heterocycles. The number of esters is 1. The molecule has 0 atom stereocenters. The number of ether oxygens (including phenoxy) is 2. The Morgan fingerprint density at radius 2 is 1.91 bits per heavy atom. The highest BCUT2D eigenvalue weighted by atomic mass is 16.7. The van der Waals surface area contributed by atoms with Crippen molar-refractivity contribution in [3.05, 3.63) is 83.1 Å². The maximum Gasteiger partial charge on any atom is 0.419 e. The van der Waals surface area contributed by atoms with Gasteiger partial charge in [0.25, 0.3) is 11.8 Å². The molecule has 222 valence electrons. The van der Waals surface area contributed by atoms with Gasteiger partial charge >= 0.3 is 12.1 Å². The fourth-order valence-corrected chi connectivity index (χ4v) is 4.46. The van der Waals surface area contributed by atoms with E-state index in [1.54, 1.807) is 25.1 Å². The van der Waals surface area contributed by atoms with Crippen molar-refractivity contribution in [1.29, 1.82) is 0 Å². The summed E-state index contributed by atoms with van der Waals surface area (Å²) in [4.78, 5) is 60.6. The van der Waals surface area contributed by atoms with Gasteiger partial charge in [-0.05, 0) is 68.5 Å². The van der Waals surface area contributed by atoms with Crippen LogP contribution in [0.1, 0.15) is 68.4 Å². The molecule has 0 bridgehead atoms. The van der Waals surface area contributed by atoms with Gasteiger partial charge in [-0.25, -0.2) is 24.0 Å². The molecule has 13 heteroatoms. The molecule has 0 saturated heterocycles. The number of nitrogens with zero attached hydrogens (tertiary/aromatic N) is 5. The molecular formula is C30H31N7O6. The Morgan fingerprint density at radius 3 is 2.63 bits per heavy atom. The number of aryl methyl sites for hydroxylation is 2. The van der Waals surface area contributed by atoms with E-state index in [2.05, 4.69) is 25.7 Å². The highest BCUT2D eigenvalue weighted by Crippen LogP contribution is 2.32. The Morgan fingerprint density at radius 1 is 1.09 bits per heavy atom. The van der Waals surface area contributed by atoms with Crippen LogP contribution in [0.2, 0.25) is 0 Å². The summed E-state index contributed by atoms with van der Waals surface area (Å²) >= 11 is 0. The van der Waals surface area contributed by atoms with E-state index in [1.807, 2.05) is 19.9 Å². The van der Waals surface area contributed by atoms with E-state index in [0.29, 0.717) is 47.5 Å². The van der Waals surface area contributed by atoms with Gasteiger partial charge in [-0.2, -0.15) is 5.10 Å². The van der Waals surface area contributed by atoms with Crippen molar-refractivity contribution in [3.8, 4) is 0 Å². The molecule has 1 aromatic carbocycles. The first-order valence-corrected chi connectivity index (χ1v) is 13.8. The van der Waals surface area contributed by atoms with Crippen LogP contribution in [0.3, 0.4) is 0 Å². The number of amides is 3. The second kappa shape index (κ2) is 12.7. The highest BCUT2D eigenvalue weighted by molar-refractivity contribution is 6.06. The quantitative estimate of drug-likeness (QED) is 0.204. The Balaban J connectivity index is 1.35. The topological polar surface area (TPSA) is 157 Å². The molecule has 1 saturated carbocycles. The molecule has 4 aromatic rings. The first-order chi connectivity index (χ1) is 20.8. The average Bonchev–Trinajstić information content (AvgIpc) is 3.78. The molecule has 5 rings (SSSR count). The van der Waals surface area contributed by atoms with Crippen LogP contribution < -0.4 is 10.6 Å². The van der Waals surface area contributed by atoms with Crippen LogP contribution >= 0.6 is 0 Å². The number of benzene rings is 1. The van der Waals surface area contributed by atoms with Gasteiger partial charge in [-0.3, -0.25) is 14.6 Å². The van der Waals surface area contributed by atoms with E-state index in [4.69, 9.17) is 9.47 Å². The van der Waals surface area contributed by atoms with Crippen LogP contribution in [0.5, 0.6) is 0 Å². The largest absolute Gasteiger partial charge is 0.424 e. The molecular weight excluding hydrogens is 554 g/mol. The molecule has 1 fully saturated rings. The predicted octanol–water partition coefficient (Wildman–Crippen LogP) is 4.18. The Kier molecular flexibility index (Phi) is 8.60. The Labute approximate surface area is 247 Å². The lowest BCUT2D eigenvalue weighted by molar-refractivity contribution is -0.0111. The van der Waals surface area contributed by atoms with Gasteiger partial charge in [0.2, 0.25) is 6.79 Å². The van der Waals surface area contributed by atoms with Crippen LogP contribution in [0.25, 0.3) is 5.52 Å². The summed E-state index contributed by atoms with van der Waals surface area (Å²) in [7, 11) is 0. The molecule has 0 radical (unpaired) electrons. The summed E-state index contributed by atoms with van der Waals surface area (Å²) in [5.41, 5.74) is 3.57. The lowest BCUT2D eigenvalue weighted by Crippen LogP contribution is -2.39. The zero-order valence-electron chi connectivity index (χ0n) is 24.0. The van der Waals surface area contributed by atoms with Crippen molar-refractivity contribution in [1.82, 2.24) is 29.8 Å². The standard InChI is InChI=1S/C30H31N7O6/c1-4-11-32-27(38)20-8-7-18(2)24(13-20)35-26-25-19(3)23(15-36(25)34-16-33-26)28(39)37(22-9-10-22)30(41)43-17-42-29(40)21-6-5-12-31-14-21/h5-8,12-16,22H,4,9-11,17H2,1-3H3,(H,32,38)(H,33,34,35). The second-order valence-corrected chi connectivity index (χ2v) is 10.1. The monoisotopic (exact) mass is 585 g/mol. The number of carbonyl (C=O) groups excluding carboxylic acids is 4. The van der Waals surface area contributed by atoms with Gasteiger partial charge in [0.05, 0.1) is 11.1 Å². The van der Waals surface area contributed by atoms with Crippen LogP contribution in [0, 0.1) is 13.8 Å². The summed E-state index contributed by atoms with van der Waals surface area (Å²) in [5, 5.41) is 10.4. The van der Waals surface area contributed by atoms with Crippen LogP contribution in [0.15, 0.2) is 55.2 Å². The smallest absolute Gasteiger partial charge is 0.419 e. The van der Waals surface area contributed by atoms with Crippen molar-refractivity contribution in [2.24, 2.45) is 0 Å². The maximum absolute atomic E-state index is 13.7. The van der Waals surface area contributed by atoms with E-state index < -0.39 is 24.8 Å². The maximum atomic E-state index is 13.7. The number of anilines is 2. The first-order valence-electron chi connectivity index (χ1n) is 13.8. The van der Waals surface area contributed by atoms with Gasteiger partial charge in [0, 0.05) is 42.4 Å². The van der Waals surface area contributed by atoms with Crippen molar-refractivity contribution in [3.63, 3.8) is 0 Å². The van der Waals surface area contributed by atoms with E-state index in [0.717, 1.165) is 16.9 Å². The van der Waals surface area contributed by atoms with E-state index in [1.165, 1.54) is 35.5 Å². The third-order valence-corrected chi connectivity index (χ3v) is 6.94. The summed E-state index contributed by atoms with van der Waals surface area (Å²) in [6.07, 6.45) is 6.91. The van der Waals surface area contributed by atoms with Gasteiger partial charge < -0.3 is 20.1 Å². The highest BCUT2D eigenvalue weighted by Gasteiger charge is 2.40. The molecule has 0 spiro atoms. The fraction of sp³-hybridized carbons (Fsp3) is 0.300. The third kappa shape index (κ3) is 6.45. The molecule has 2 N–H and O–H groups in total. The van der Waals surface area contributed by atoms with Crippen LogP contribution in [-0.2, 0) is 9.47 Å². The Bertz CT molecular complexity index is 1680. The van der Waals surface area contributed by atoms with Gasteiger partial charge in [-0.1, -0.05) is 13.0 Å². The molecule has 1 aliphatic rings. The first kappa shape index (κ1) is 29.2. The van der Waals surface area contributed by atoms with Crippen molar-refractivity contribution >= 4 is 40.9 Å². The number of rotatable bonds is 10. The summed E-state index contributed by atoms with van der Waals surface area (Å²) in [6, 6.07) is 8.11. The zero-order valence-corrected chi connectivity index (χ0v) is 24.0. The SMILES string of the molecule is CCCNC(=O)c1ccc(C)c(Nc2ncnn3cc(C(=O)N(C(=O)OCOC(=O)c4cccnc4)C4CC4)c(C)c23)c1. The number of hydrogen-bond acceptors (Lipinski definition) is 10. The van der Waals surface area contributed by atoms with Crippen LogP contribution in [0.4, 0.5) is 16.3 Å². The normalized spacial score (nSPS) is 12.4. The zero-order chi connectivity index (χ0) is 30.5. The number of fused-ring (bicyclic) bond motifs is 1. The van der Waals surface area contributed by atoms with Crippen LogP contribution in [-0.4, -0.2) is 67.7 Å². The fourth-order valence-electron chi connectivity index (χ4n) is 4.46. The summed E-state index contributed by atoms with van der Waals surface area (Å²) < 4.78 is 11.7. The van der Waals surface area contributed by atoms with Crippen molar-refractivity contribution in [2.45, 2.75) is 46.1 Å². The third-order valence-electron chi connectivity index (χ3n) is 6.94. The number of hydrogen-bond donors (Lipinski definition) is 2. The van der Waals surface area contributed by atoms with Crippen molar-refractivity contribution in [2.75, 3.05) is 18.7 Å². The van der Waals surface area contributed by atoms with E-state index in [-0.39, 0.29) is 23.1 Å². The number of nitrogens with one attached hydrogen (secondary N) is 2. The molecule has 3 amide bonds. The average molecular weight is 586 g/mol. The minimum Gasteiger partial charge on any atom is -0.424 e. The molecule has 13 nitrogen and oxygen atoms in total. The lowest BCUT2D eigenvalue weighted by atomic mass is 10.1. The van der Waals surface area contributed by atoms with Crippen molar-refractivity contribution < 1.29 is 28.7 Å². The number of carbonyl (C=O) groups is 4. The Hall–Kier alpha value is -5.33. The summed E-state index contributed by atoms with van der Waals surface area (Å²) in [5.74, 6) is -1.03. The predicted molar refractivity (Wildman–Crippen MR) is 155 cm³/mol. The summed E-state index contributed by atoms with van der Waals surface area (Å²) in [6.45, 7) is 5.54. The number of pyridine rings is 1. The molecule has 43 heavy (non-hydrogen) atoms. The number of imide groups is 1. The lowest BCUT2D eigenvalue weighted by Gasteiger charge is -2.19. The molecule has 0 aliphatic heterocycles.